The molecule has 202 valence electrons. The molecule has 3 heterocycles. The Morgan fingerprint density at radius 1 is 1.03 bits per heavy atom. The van der Waals surface area contributed by atoms with Gasteiger partial charge in [-0.25, -0.2) is 22.5 Å². The van der Waals surface area contributed by atoms with Crippen LogP contribution in [-0.4, -0.2) is 59.1 Å². The molecule has 0 atom stereocenters. The van der Waals surface area contributed by atoms with Gasteiger partial charge in [-0.1, -0.05) is 42.5 Å². The van der Waals surface area contributed by atoms with Crippen LogP contribution in [0, 0.1) is 5.82 Å². The number of likely N-dealkylation sites (tertiary alicyclic amines) is 1. The Bertz CT molecular complexity index is 1630. The van der Waals surface area contributed by atoms with E-state index in [0.717, 1.165) is 19.1 Å². The number of anilines is 1. The molecule has 12 heteroatoms. The van der Waals surface area contributed by atoms with Gasteiger partial charge in [0.2, 0.25) is 10.0 Å². The molecule has 2 aromatic heterocycles. The lowest BCUT2D eigenvalue weighted by molar-refractivity contribution is 0.0712. The number of nitrogens with zero attached hydrogens (tertiary/aromatic N) is 4. The fourth-order valence-corrected chi connectivity index (χ4v) is 5.23. The third-order valence-electron chi connectivity index (χ3n) is 6.68. The van der Waals surface area contributed by atoms with E-state index in [1.165, 1.54) is 34.6 Å². The molecule has 2 N–H and O–H groups in total. The smallest absolute Gasteiger partial charge is 0.270 e. The summed E-state index contributed by atoms with van der Waals surface area (Å²) in [5.74, 6) is -0.916. The molecule has 0 radical (unpaired) electrons. The second-order valence-electron chi connectivity index (χ2n) is 9.48. The third kappa shape index (κ3) is 5.90. The Hall–Kier alpha value is -4.32. The van der Waals surface area contributed by atoms with Gasteiger partial charge in [0.15, 0.2) is 5.65 Å². The van der Waals surface area contributed by atoms with Crippen LogP contribution in [0.3, 0.4) is 0 Å². The summed E-state index contributed by atoms with van der Waals surface area (Å²) in [5.41, 5.74) is 2.11. The predicted octanol–water partition coefficient (Wildman–Crippen LogP) is 3.19. The number of halogens is 1. The summed E-state index contributed by atoms with van der Waals surface area (Å²) in [6.45, 7) is 1.28. The molecule has 39 heavy (non-hydrogen) atoms. The molecule has 1 aliphatic heterocycles. The summed E-state index contributed by atoms with van der Waals surface area (Å²) in [6.07, 6.45) is 5.04. The monoisotopic (exact) mass is 550 g/mol. The minimum atomic E-state index is -3.82. The number of hydrogen-bond donors (Lipinski definition) is 2. The zero-order valence-corrected chi connectivity index (χ0v) is 22.0. The van der Waals surface area contributed by atoms with Crippen LogP contribution in [0.1, 0.15) is 50.6 Å². The zero-order chi connectivity index (χ0) is 27.6. The number of sulfonamides is 1. The van der Waals surface area contributed by atoms with Crippen LogP contribution >= 0.6 is 0 Å². The molecule has 1 aliphatic rings. The number of carbonyl (C=O) groups is 2. The van der Waals surface area contributed by atoms with Gasteiger partial charge in [0.05, 0.1) is 12.5 Å². The molecule has 10 nitrogen and oxygen atoms in total. The Morgan fingerprint density at radius 3 is 2.46 bits per heavy atom. The van der Waals surface area contributed by atoms with Gasteiger partial charge in [-0.2, -0.15) is 9.61 Å². The average Bonchev–Trinajstić information content (AvgIpc) is 3.36. The lowest BCUT2D eigenvalue weighted by atomic mass is 9.89. The van der Waals surface area contributed by atoms with Crippen molar-refractivity contribution in [2.75, 3.05) is 24.7 Å². The van der Waals surface area contributed by atoms with Crippen molar-refractivity contribution in [3.63, 3.8) is 0 Å². The maximum Gasteiger partial charge on any atom is 0.270 e. The molecule has 1 fully saturated rings. The minimum Gasteiger partial charge on any atom is -0.365 e. The average molecular weight is 551 g/mol. The molecule has 0 unspecified atom stereocenters. The molecule has 0 aliphatic carbocycles. The number of benzene rings is 2. The fraction of sp³-hybridized carbons (Fsp3) is 0.259. The highest BCUT2D eigenvalue weighted by molar-refractivity contribution is 7.89. The quantitative estimate of drug-likeness (QED) is 0.362. The summed E-state index contributed by atoms with van der Waals surface area (Å²) in [5, 5.41) is 7.38. The Morgan fingerprint density at radius 2 is 1.77 bits per heavy atom. The van der Waals surface area contributed by atoms with Gasteiger partial charge < -0.3 is 10.2 Å². The summed E-state index contributed by atoms with van der Waals surface area (Å²) >= 11 is 0. The highest BCUT2D eigenvalue weighted by atomic mass is 32.2. The van der Waals surface area contributed by atoms with E-state index in [4.69, 9.17) is 0 Å². The second kappa shape index (κ2) is 10.8. The van der Waals surface area contributed by atoms with E-state index in [2.05, 4.69) is 27.5 Å². The number of fused-ring (bicyclic) bond motifs is 1. The maximum atomic E-state index is 13.8. The van der Waals surface area contributed by atoms with Crippen LogP contribution in [0.5, 0.6) is 0 Å². The van der Waals surface area contributed by atoms with Crippen molar-refractivity contribution in [1.29, 1.82) is 0 Å². The first-order valence-electron chi connectivity index (χ1n) is 12.4. The van der Waals surface area contributed by atoms with Crippen molar-refractivity contribution in [3.05, 3.63) is 95.1 Å². The normalized spacial score (nSPS) is 14.4. The standard InChI is InChI=1S/C27H27FN6O4S/c1-39(37,38)32-26(35)22-17-31-34-24(22)30-16-23(25(34)29-15-18-6-5-9-21(28)14-18)27(36)33-12-10-20(11-13-33)19-7-3-2-4-8-19/h2-9,14,16-17,20,29H,10-13,15H2,1H3,(H,32,35). The van der Waals surface area contributed by atoms with E-state index >= 15 is 0 Å². The lowest BCUT2D eigenvalue weighted by Crippen LogP contribution is -2.38. The second-order valence-corrected chi connectivity index (χ2v) is 11.2. The van der Waals surface area contributed by atoms with E-state index in [1.54, 1.807) is 17.0 Å². The number of hydrogen-bond acceptors (Lipinski definition) is 7. The van der Waals surface area contributed by atoms with E-state index in [9.17, 15) is 22.4 Å². The minimum absolute atomic E-state index is 0.0669. The first-order valence-corrected chi connectivity index (χ1v) is 14.3. The van der Waals surface area contributed by atoms with Crippen molar-refractivity contribution >= 4 is 33.3 Å². The molecule has 0 bridgehead atoms. The number of amides is 2. The van der Waals surface area contributed by atoms with Crippen LogP contribution in [0.25, 0.3) is 5.65 Å². The van der Waals surface area contributed by atoms with Gasteiger partial charge in [-0.05, 0) is 42.0 Å². The highest BCUT2D eigenvalue weighted by Crippen LogP contribution is 2.30. The van der Waals surface area contributed by atoms with Crippen molar-refractivity contribution in [2.24, 2.45) is 0 Å². The number of aromatic nitrogens is 3. The Balaban J connectivity index is 1.45. The summed E-state index contributed by atoms with van der Waals surface area (Å²) in [4.78, 5) is 32.3. The van der Waals surface area contributed by atoms with E-state index in [1.807, 2.05) is 22.9 Å². The van der Waals surface area contributed by atoms with Gasteiger partial charge in [0, 0.05) is 25.8 Å². The largest absolute Gasteiger partial charge is 0.365 e. The number of rotatable bonds is 7. The van der Waals surface area contributed by atoms with Crippen molar-refractivity contribution in [1.82, 2.24) is 24.2 Å². The Labute approximate surface area is 224 Å². The maximum absolute atomic E-state index is 13.8. The summed E-state index contributed by atoms with van der Waals surface area (Å²) < 4.78 is 40.1. The summed E-state index contributed by atoms with van der Waals surface area (Å²) in [7, 11) is -3.82. The van der Waals surface area contributed by atoms with Gasteiger partial charge in [0.25, 0.3) is 11.8 Å². The van der Waals surface area contributed by atoms with Crippen molar-refractivity contribution in [3.8, 4) is 0 Å². The molecule has 0 spiro atoms. The molecule has 0 saturated carbocycles. The van der Waals surface area contributed by atoms with Gasteiger partial charge in [0.1, 0.15) is 22.8 Å². The SMILES string of the molecule is CS(=O)(=O)NC(=O)c1cnn2c(NCc3cccc(F)c3)c(C(=O)N3CCC(c4ccccc4)CC3)cnc12. The molecule has 1 saturated heterocycles. The predicted molar refractivity (Wildman–Crippen MR) is 143 cm³/mol. The number of nitrogens with one attached hydrogen (secondary N) is 2. The highest BCUT2D eigenvalue weighted by Gasteiger charge is 2.28. The van der Waals surface area contributed by atoms with Crippen LogP contribution < -0.4 is 10.0 Å². The topological polar surface area (TPSA) is 126 Å². The molecule has 2 amide bonds. The van der Waals surface area contributed by atoms with Crippen LogP contribution in [0.2, 0.25) is 0 Å². The van der Waals surface area contributed by atoms with E-state index in [-0.39, 0.29) is 35.0 Å². The van der Waals surface area contributed by atoms with Crippen LogP contribution in [-0.2, 0) is 16.6 Å². The number of piperidine rings is 1. The first-order chi connectivity index (χ1) is 18.7. The van der Waals surface area contributed by atoms with Gasteiger partial charge in [-0.15, -0.1) is 0 Å². The van der Waals surface area contributed by atoms with Gasteiger partial charge >= 0.3 is 0 Å². The lowest BCUT2D eigenvalue weighted by Gasteiger charge is -2.32. The fourth-order valence-electron chi connectivity index (χ4n) is 4.79. The third-order valence-corrected chi connectivity index (χ3v) is 7.24. The molecular formula is C27H27FN6O4S. The first kappa shape index (κ1) is 26.3. The van der Waals surface area contributed by atoms with Gasteiger partial charge in [-0.3, -0.25) is 9.59 Å². The summed E-state index contributed by atoms with van der Waals surface area (Å²) in [6, 6.07) is 16.2. The van der Waals surface area contributed by atoms with E-state index < -0.39 is 21.7 Å². The Kier molecular flexibility index (Phi) is 7.29. The van der Waals surface area contributed by atoms with E-state index in [0.29, 0.717) is 24.6 Å². The van der Waals surface area contributed by atoms with Crippen molar-refractivity contribution < 1.29 is 22.4 Å². The van der Waals surface area contributed by atoms with Crippen LogP contribution in [0.15, 0.2) is 67.0 Å². The zero-order valence-electron chi connectivity index (χ0n) is 21.2. The molecule has 2 aromatic carbocycles. The molecule has 4 aromatic rings. The van der Waals surface area contributed by atoms with Crippen molar-refractivity contribution in [2.45, 2.75) is 25.3 Å². The molecule has 5 rings (SSSR count). The number of carbonyl (C=O) groups excluding carboxylic acids is 2. The van der Waals surface area contributed by atoms with Crippen LogP contribution in [0.4, 0.5) is 10.2 Å². The molecular weight excluding hydrogens is 523 g/mol.